The third-order valence-electron chi connectivity index (χ3n) is 3.11. The number of hydrogen-bond acceptors (Lipinski definition) is 3. The lowest BCUT2D eigenvalue weighted by Gasteiger charge is -2.20. The monoisotopic (exact) mass is 334 g/mol. The highest BCUT2D eigenvalue weighted by molar-refractivity contribution is 9.08. The quantitative estimate of drug-likeness (QED) is 0.469. The van der Waals surface area contributed by atoms with Crippen LogP contribution >= 0.6 is 15.9 Å². The molecule has 4 nitrogen and oxygen atoms in total. The summed E-state index contributed by atoms with van der Waals surface area (Å²) in [7, 11) is 1.98. The summed E-state index contributed by atoms with van der Waals surface area (Å²) < 4.78 is 0. The fourth-order valence-corrected chi connectivity index (χ4v) is 2.49. The minimum atomic E-state index is -0.350. The molecule has 0 aliphatic heterocycles. The average molecular weight is 335 g/mol. The van der Waals surface area contributed by atoms with Crippen LogP contribution in [0.4, 0.5) is 11.4 Å². The van der Waals surface area contributed by atoms with Crippen LogP contribution in [-0.2, 0) is 11.9 Å². The molecule has 2 aromatic rings. The molecule has 20 heavy (non-hydrogen) atoms. The molecule has 2 rings (SSSR count). The Labute approximate surface area is 126 Å². The first-order valence-electron chi connectivity index (χ1n) is 6.20. The topological polar surface area (TPSA) is 46.4 Å². The van der Waals surface area contributed by atoms with Gasteiger partial charge in [-0.2, -0.15) is 0 Å². The smallest absolute Gasteiger partial charge is 0.273 e. The van der Waals surface area contributed by atoms with E-state index >= 15 is 0 Å². The van der Waals surface area contributed by atoms with Crippen molar-refractivity contribution < 1.29 is 4.92 Å². The molecule has 5 heteroatoms. The van der Waals surface area contributed by atoms with Gasteiger partial charge in [0, 0.05) is 36.2 Å². The van der Waals surface area contributed by atoms with Gasteiger partial charge in [-0.15, -0.1) is 0 Å². The fourth-order valence-electron chi connectivity index (χ4n) is 2.04. The van der Waals surface area contributed by atoms with Gasteiger partial charge in [0.2, 0.25) is 0 Å². The summed E-state index contributed by atoms with van der Waals surface area (Å²) in [5.41, 5.74) is 3.01. The Morgan fingerprint density at radius 2 is 1.90 bits per heavy atom. The van der Waals surface area contributed by atoms with Gasteiger partial charge in [0.05, 0.1) is 4.92 Å². The zero-order valence-corrected chi connectivity index (χ0v) is 12.7. The van der Waals surface area contributed by atoms with Gasteiger partial charge in [-0.05, 0) is 17.7 Å². The van der Waals surface area contributed by atoms with Crippen LogP contribution in [-0.4, -0.2) is 12.0 Å². The van der Waals surface area contributed by atoms with E-state index in [4.69, 9.17) is 0 Å². The number of hydrogen-bond donors (Lipinski definition) is 0. The van der Waals surface area contributed by atoms with Crippen LogP contribution in [0.3, 0.4) is 0 Å². The predicted molar refractivity (Wildman–Crippen MR) is 84.3 cm³/mol. The fraction of sp³-hybridized carbons (Fsp3) is 0.200. The molecular formula is C15H15BrN2O2. The van der Waals surface area contributed by atoms with Gasteiger partial charge >= 0.3 is 0 Å². The Balaban J connectivity index is 2.22. The van der Waals surface area contributed by atoms with Gasteiger partial charge in [-0.25, -0.2) is 0 Å². The summed E-state index contributed by atoms with van der Waals surface area (Å²) in [4.78, 5) is 12.6. The number of nitro benzene ring substituents is 1. The Bertz CT molecular complexity index is 602. The van der Waals surface area contributed by atoms with Gasteiger partial charge in [0.15, 0.2) is 0 Å². The lowest BCUT2D eigenvalue weighted by Crippen LogP contribution is -2.16. The maximum absolute atomic E-state index is 10.9. The summed E-state index contributed by atoms with van der Waals surface area (Å²) in [6, 6.07) is 15.3. The van der Waals surface area contributed by atoms with E-state index in [0.717, 1.165) is 12.2 Å². The van der Waals surface area contributed by atoms with E-state index < -0.39 is 0 Å². The van der Waals surface area contributed by atoms with Crippen molar-refractivity contribution in [3.05, 3.63) is 69.8 Å². The molecule has 0 amide bonds. The predicted octanol–water partition coefficient (Wildman–Crippen LogP) is 4.13. The highest BCUT2D eigenvalue weighted by Crippen LogP contribution is 2.27. The van der Waals surface area contributed by atoms with E-state index in [9.17, 15) is 10.1 Å². The zero-order valence-electron chi connectivity index (χ0n) is 11.1. The largest absolute Gasteiger partial charge is 0.370 e. The van der Waals surface area contributed by atoms with Crippen LogP contribution in [0, 0.1) is 10.1 Å². The molecule has 0 heterocycles. The summed E-state index contributed by atoms with van der Waals surface area (Å²) in [5.74, 6) is 0. The first-order valence-corrected chi connectivity index (χ1v) is 7.32. The molecule has 0 aliphatic carbocycles. The molecular weight excluding hydrogens is 320 g/mol. The van der Waals surface area contributed by atoms with Crippen LogP contribution in [0.15, 0.2) is 48.5 Å². The number of rotatable bonds is 5. The van der Waals surface area contributed by atoms with Crippen LogP contribution in [0.25, 0.3) is 0 Å². The number of halogens is 1. The van der Waals surface area contributed by atoms with Gasteiger partial charge in [-0.1, -0.05) is 46.3 Å². The molecule has 0 radical (unpaired) electrons. The lowest BCUT2D eigenvalue weighted by molar-refractivity contribution is -0.385. The summed E-state index contributed by atoms with van der Waals surface area (Å²) in [6.45, 7) is 0.764. The van der Waals surface area contributed by atoms with Crippen LogP contribution in [0.1, 0.15) is 11.1 Å². The number of anilines is 1. The maximum atomic E-state index is 10.9. The van der Waals surface area contributed by atoms with Crippen molar-refractivity contribution in [2.24, 2.45) is 0 Å². The van der Waals surface area contributed by atoms with Gasteiger partial charge in [-0.3, -0.25) is 10.1 Å². The molecule has 0 saturated heterocycles. The van der Waals surface area contributed by atoms with Gasteiger partial charge < -0.3 is 4.90 Å². The molecule has 104 valence electrons. The molecule has 0 saturated carbocycles. The lowest BCUT2D eigenvalue weighted by atomic mass is 10.1. The van der Waals surface area contributed by atoms with Crippen molar-refractivity contribution >= 4 is 27.3 Å². The molecule has 0 N–H and O–H groups in total. The molecule has 0 fully saturated rings. The second kappa shape index (κ2) is 6.52. The molecule has 0 bridgehead atoms. The third kappa shape index (κ3) is 3.36. The first kappa shape index (κ1) is 14.5. The van der Waals surface area contributed by atoms with E-state index in [1.807, 2.05) is 31.3 Å². The SMILES string of the molecule is CN(Cc1ccccc1)c1ccc([N+](=O)[O-])c(CBr)c1. The van der Waals surface area contributed by atoms with Gasteiger partial charge in [0.25, 0.3) is 5.69 Å². The van der Waals surface area contributed by atoms with Crippen molar-refractivity contribution in [1.82, 2.24) is 0 Å². The van der Waals surface area contributed by atoms with E-state index in [1.54, 1.807) is 12.1 Å². The highest BCUT2D eigenvalue weighted by Gasteiger charge is 2.14. The Kier molecular flexibility index (Phi) is 4.74. The van der Waals surface area contributed by atoms with Crippen molar-refractivity contribution in [1.29, 1.82) is 0 Å². The molecule has 0 spiro atoms. The maximum Gasteiger partial charge on any atom is 0.273 e. The van der Waals surface area contributed by atoms with Crippen molar-refractivity contribution in [3.8, 4) is 0 Å². The van der Waals surface area contributed by atoms with Gasteiger partial charge in [0.1, 0.15) is 0 Å². The van der Waals surface area contributed by atoms with E-state index in [1.165, 1.54) is 5.56 Å². The number of nitro groups is 1. The van der Waals surface area contributed by atoms with E-state index in [0.29, 0.717) is 10.9 Å². The molecule has 2 aromatic carbocycles. The summed E-state index contributed by atoms with van der Waals surface area (Å²) in [6.07, 6.45) is 0. The van der Waals surface area contributed by atoms with Crippen LogP contribution in [0.5, 0.6) is 0 Å². The van der Waals surface area contributed by atoms with E-state index in [-0.39, 0.29) is 10.6 Å². The Hall–Kier alpha value is -1.88. The normalized spacial score (nSPS) is 10.3. The second-order valence-electron chi connectivity index (χ2n) is 4.55. The minimum absolute atomic E-state index is 0.152. The van der Waals surface area contributed by atoms with Crippen LogP contribution in [0.2, 0.25) is 0 Å². The van der Waals surface area contributed by atoms with Crippen LogP contribution < -0.4 is 4.90 Å². The second-order valence-corrected chi connectivity index (χ2v) is 5.11. The summed E-state index contributed by atoms with van der Waals surface area (Å²) >= 11 is 3.30. The average Bonchev–Trinajstić information content (AvgIpc) is 2.47. The van der Waals surface area contributed by atoms with Crippen molar-refractivity contribution in [2.45, 2.75) is 11.9 Å². The number of nitrogens with zero attached hydrogens (tertiary/aromatic N) is 2. The van der Waals surface area contributed by atoms with E-state index in [2.05, 4.69) is 33.0 Å². The standard InChI is InChI=1S/C15H15BrN2O2/c1-17(11-12-5-3-2-4-6-12)14-7-8-15(18(19)20)13(9-14)10-16/h2-9H,10-11H2,1H3. The summed E-state index contributed by atoms with van der Waals surface area (Å²) in [5, 5.41) is 11.4. The van der Waals surface area contributed by atoms with Crippen molar-refractivity contribution in [3.63, 3.8) is 0 Å². The Morgan fingerprint density at radius 1 is 1.20 bits per heavy atom. The number of alkyl halides is 1. The molecule has 0 unspecified atom stereocenters. The molecule has 0 aliphatic rings. The Morgan fingerprint density at radius 3 is 2.50 bits per heavy atom. The highest BCUT2D eigenvalue weighted by atomic mass is 79.9. The first-order chi connectivity index (χ1) is 9.61. The molecule has 0 aromatic heterocycles. The minimum Gasteiger partial charge on any atom is -0.370 e. The zero-order chi connectivity index (χ0) is 14.5. The van der Waals surface area contributed by atoms with Crippen molar-refractivity contribution in [2.75, 3.05) is 11.9 Å². The third-order valence-corrected chi connectivity index (χ3v) is 3.71. The number of benzene rings is 2. The molecule has 0 atom stereocenters.